The lowest BCUT2D eigenvalue weighted by atomic mass is 10.3. The molecule has 4 nitrogen and oxygen atoms in total. The maximum absolute atomic E-state index is 11.7. The normalized spacial score (nSPS) is 18.5. The number of carbonyl (C=O) groups is 2. The average Bonchev–Trinajstić information content (AvgIpc) is 2.55. The Morgan fingerprint density at radius 1 is 1.20 bits per heavy atom. The van der Waals surface area contributed by atoms with Gasteiger partial charge in [0.15, 0.2) is 5.76 Å². The molecule has 0 spiro atoms. The number of hydrogen-bond acceptors (Lipinski definition) is 3. The van der Waals surface area contributed by atoms with E-state index in [4.69, 9.17) is 4.74 Å². The van der Waals surface area contributed by atoms with Crippen molar-refractivity contribution in [1.82, 2.24) is 0 Å². The van der Waals surface area contributed by atoms with Crippen LogP contribution in [0.5, 0.6) is 0 Å². The number of allylic oxidation sites excluding steroid dienone is 1. The van der Waals surface area contributed by atoms with E-state index in [0.29, 0.717) is 5.69 Å². The van der Waals surface area contributed by atoms with E-state index in [-0.39, 0.29) is 5.76 Å². The number of benzene rings is 1. The van der Waals surface area contributed by atoms with Crippen molar-refractivity contribution in [3.05, 3.63) is 42.2 Å². The molecule has 1 aliphatic rings. The average molecular weight is 203 g/mol. The first-order chi connectivity index (χ1) is 7.24. The van der Waals surface area contributed by atoms with Gasteiger partial charge in [-0.25, -0.2) is 9.69 Å². The number of nitrogens with zero attached hydrogens (tertiary/aromatic N) is 1. The zero-order valence-corrected chi connectivity index (χ0v) is 8.14. The van der Waals surface area contributed by atoms with Crippen molar-refractivity contribution < 1.29 is 14.3 Å². The predicted molar refractivity (Wildman–Crippen MR) is 54.2 cm³/mol. The summed E-state index contributed by atoms with van der Waals surface area (Å²) >= 11 is 0. The molecule has 1 aromatic carbocycles. The van der Waals surface area contributed by atoms with Crippen molar-refractivity contribution in [2.75, 3.05) is 4.90 Å². The summed E-state index contributed by atoms with van der Waals surface area (Å²) in [5.41, 5.74) is 0.518. The molecule has 0 aliphatic carbocycles. The largest absolute Gasteiger partial charge is 0.427 e. The quantitative estimate of drug-likeness (QED) is 0.656. The molecule has 76 valence electrons. The van der Waals surface area contributed by atoms with Gasteiger partial charge < -0.3 is 4.74 Å². The molecule has 2 rings (SSSR count). The Morgan fingerprint density at radius 3 is 2.40 bits per heavy atom. The van der Waals surface area contributed by atoms with E-state index in [1.165, 1.54) is 6.08 Å². The summed E-state index contributed by atoms with van der Waals surface area (Å²) in [7, 11) is 0. The Bertz CT molecular complexity index is 436. The topological polar surface area (TPSA) is 46.6 Å². The fourth-order valence-corrected chi connectivity index (χ4v) is 1.36. The van der Waals surface area contributed by atoms with Crippen molar-refractivity contribution in [1.29, 1.82) is 0 Å². The van der Waals surface area contributed by atoms with Crippen LogP contribution in [0, 0.1) is 0 Å². The van der Waals surface area contributed by atoms with Crippen LogP contribution in [0.25, 0.3) is 0 Å². The van der Waals surface area contributed by atoms with E-state index in [0.717, 1.165) is 4.90 Å². The number of amides is 2. The second kappa shape index (κ2) is 3.57. The summed E-state index contributed by atoms with van der Waals surface area (Å²) < 4.78 is 4.79. The summed E-state index contributed by atoms with van der Waals surface area (Å²) in [6.45, 7) is 1.65. The third-order valence-electron chi connectivity index (χ3n) is 2.07. The van der Waals surface area contributed by atoms with E-state index in [9.17, 15) is 9.59 Å². The van der Waals surface area contributed by atoms with Gasteiger partial charge in [-0.05, 0) is 25.1 Å². The molecule has 0 unspecified atom stereocenters. The molecule has 15 heavy (non-hydrogen) atoms. The molecular formula is C11H9NO3. The molecule has 1 heterocycles. The number of carbonyl (C=O) groups excluding carboxylic acids is 2. The van der Waals surface area contributed by atoms with Gasteiger partial charge >= 0.3 is 12.0 Å². The first-order valence-electron chi connectivity index (χ1n) is 4.51. The van der Waals surface area contributed by atoms with E-state index in [1.54, 1.807) is 31.2 Å². The van der Waals surface area contributed by atoms with Crippen LogP contribution in [0.1, 0.15) is 6.92 Å². The Morgan fingerprint density at radius 2 is 1.87 bits per heavy atom. The molecular weight excluding hydrogens is 194 g/mol. The molecule has 0 bridgehead atoms. The predicted octanol–water partition coefficient (Wildman–Crippen LogP) is 2.07. The van der Waals surface area contributed by atoms with Crippen LogP contribution in [0.2, 0.25) is 0 Å². The Labute approximate surface area is 86.8 Å². The molecule has 0 aromatic heterocycles. The first kappa shape index (κ1) is 9.45. The maximum Gasteiger partial charge on any atom is 0.427 e. The van der Waals surface area contributed by atoms with Crippen molar-refractivity contribution in [2.24, 2.45) is 0 Å². The zero-order chi connectivity index (χ0) is 10.8. The fraction of sp³-hybridized carbons (Fsp3) is 0.0909. The molecule has 0 atom stereocenters. The molecule has 0 N–H and O–H groups in total. The van der Waals surface area contributed by atoms with Gasteiger partial charge in [0, 0.05) is 0 Å². The van der Waals surface area contributed by atoms with Crippen molar-refractivity contribution in [3.8, 4) is 0 Å². The third kappa shape index (κ3) is 1.50. The van der Waals surface area contributed by atoms with Crippen molar-refractivity contribution in [2.45, 2.75) is 6.92 Å². The third-order valence-corrected chi connectivity index (χ3v) is 2.07. The van der Waals surface area contributed by atoms with Crippen LogP contribution >= 0.6 is 0 Å². The number of para-hydroxylation sites is 1. The highest BCUT2D eigenvalue weighted by molar-refractivity contribution is 6.23. The molecule has 1 fully saturated rings. The van der Waals surface area contributed by atoms with Crippen LogP contribution < -0.4 is 4.90 Å². The lowest BCUT2D eigenvalue weighted by molar-refractivity contribution is -0.114. The second-order valence-corrected chi connectivity index (χ2v) is 3.00. The zero-order valence-electron chi connectivity index (χ0n) is 8.14. The Balaban J connectivity index is 2.40. The maximum atomic E-state index is 11.7. The van der Waals surface area contributed by atoms with E-state index in [2.05, 4.69) is 0 Å². The van der Waals surface area contributed by atoms with Gasteiger partial charge in [-0.1, -0.05) is 18.2 Å². The minimum Gasteiger partial charge on any atom is -0.404 e. The lowest BCUT2D eigenvalue weighted by Crippen LogP contribution is -2.28. The molecule has 1 aliphatic heterocycles. The van der Waals surface area contributed by atoms with Gasteiger partial charge in [-0.3, -0.25) is 4.79 Å². The van der Waals surface area contributed by atoms with Gasteiger partial charge in [-0.15, -0.1) is 0 Å². The summed E-state index contributed by atoms with van der Waals surface area (Å²) in [5, 5.41) is 0. The highest BCUT2D eigenvalue weighted by atomic mass is 16.6. The lowest BCUT2D eigenvalue weighted by Gasteiger charge is -2.08. The molecule has 0 saturated carbocycles. The summed E-state index contributed by atoms with van der Waals surface area (Å²) in [5.74, 6) is -0.349. The Kier molecular flexibility index (Phi) is 2.25. The minimum atomic E-state index is -0.653. The minimum absolute atomic E-state index is 0.0730. The molecule has 2 amide bonds. The SMILES string of the molecule is C/C=C1\OC(=O)N(c2ccccc2)C1=O. The number of hydrogen-bond donors (Lipinski definition) is 0. The van der Waals surface area contributed by atoms with Gasteiger partial charge in [0.2, 0.25) is 0 Å². The van der Waals surface area contributed by atoms with Crippen molar-refractivity contribution >= 4 is 17.7 Å². The van der Waals surface area contributed by atoms with Crippen LogP contribution in [0.15, 0.2) is 42.2 Å². The molecule has 1 aromatic rings. The van der Waals surface area contributed by atoms with E-state index in [1.807, 2.05) is 6.07 Å². The molecule has 4 heteroatoms. The van der Waals surface area contributed by atoms with Gasteiger partial charge in [-0.2, -0.15) is 0 Å². The monoisotopic (exact) mass is 203 g/mol. The number of anilines is 1. The first-order valence-corrected chi connectivity index (χ1v) is 4.51. The van der Waals surface area contributed by atoms with Crippen LogP contribution in [-0.4, -0.2) is 12.0 Å². The van der Waals surface area contributed by atoms with Gasteiger partial charge in [0.1, 0.15) is 0 Å². The summed E-state index contributed by atoms with van der Waals surface area (Å²) in [4.78, 5) is 24.1. The number of rotatable bonds is 1. The standard InChI is InChI=1S/C11H9NO3/c1-2-9-10(13)12(11(14)15-9)8-6-4-3-5-7-8/h2-7H,1H3/b9-2-. The van der Waals surface area contributed by atoms with E-state index >= 15 is 0 Å². The second-order valence-electron chi connectivity index (χ2n) is 3.00. The highest BCUT2D eigenvalue weighted by Gasteiger charge is 2.36. The highest BCUT2D eigenvalue weighted by Crippen LogP contribution is 2.23. The fourth-order valence-electron chi connectivity index (χ4n) is 1.36. The summed E-state index contributed by atoms with van der Waals surface area (Å²) in [6.07, 6.45) is 0.822. The number of ether oxygens (including phenoxy) is 1. The van der Waals surface area contributed by atoms with Crippen molar-refractivity contribution in [3.63, 3.8) is 0 Å². The smallest absolute Gasteiger partial charge is 0.404 e. The molecule has 0 radical (unpaired) electrons. The van der Waals surface area contributed by atoms with E-state index < -0.39 is 12.0 Å². The Hall–Kier alpha value is -2.10. The number of imide groups is 1. The van der Waals surface area contributed by atoms with Gasteiger partial charge in [0.05, 0.1) is 5.69 Å². The van der Waals surface area contributed by atoms with Crippen LogP contribution in [0.4, 0.5) is 10.5 Å². The number of cyclic esters (lactones) is 1. The summed E-state index contributed by atoms with van der Waals surface area (Å²) in [6, 6.07) is 8.68. The van der Waals surface area contributed by atoms with Crippen LogP contribution in [0.3, 0.4) is 0 Å². The van der Waals surface area contributed by atoms with Gasteiger partial charge in [0.25, 0.3) is 0 Å². The van der Waals surface area contributed by atoms with Crippen LogP contribution in [-0.2, 0) is 9.53 Å². The molecule has 1 saturated heterocycles.